The first-order valence-electron chi connectivity index (χ1n) is 5.68. The Hall–Kier alpha value is -1.20. The van der Waals surface area contributed by atoms with Gasteiger partial charge in [0, 0.05) is 23.7 Å². The molecule has 94 valence electrons. The molecule has 1 rings (SSSR count). The Morgan fingerprint density at radius 3 is 3.06 bits per heavy atom. The van der Waals surface area contributed by atoms with Crippen LogP contribution in [0, 0.1) is 6.92 Å². The average Bonchev–Trinajstić information content (AvgIpc) is 2.70. The summed E-state index contributed by atoms with van der Waals surface area (Å²) in [6, 6.07) is 0. The number of thiazole rings is 1. The van der Waals surface area contributed by atoms with E-state index in [0.717, 1.165) is 16.3 Å². The van der Waals surface area contributed by atoms with Gasteiger partial charge in [0.2, 0.25) is 5.91 Å². The van der Waals surface area contributed by atoms with Crippen LogP contribution in [0.5, 0.6) is 0 Å². The molecule has 1 amide bonds. The molecule has 4 nitrogen and oxygen atoms in total. The zero-order valence-corrected chi connectivity index (χ0v) is 11.0. The van der Waals surface area contributed by atoms with Crippen LogP contribution in [0.2, 0.25) is 0 Å². The molecule has 0 fully saturated rings. The lowest BCUT2D eigenvalue weighted by molar-refractivity contribution is -0.116. The lowest BCUT2D eigenvalue weighted by Gasteiger charge is -2.08. The monoisotopic (exact) mass is 254 g/mol. The van der Waals surface area contributed by atoms with E-state index in [2.05, 4.69) is 10.3 Å². The van der Waals surface area contributed by atoms with Gasteiger partial charge in [-0.15, -0.1) is 11.3 Å². The topological polar surface area (TPSA) is 62.2 Å². The highest BCUT2D eigenvalue weighted by atomic mass is 32.1. The second-order valence-electron chi connectivity index (χ2n) is 3.80. The molecule has 5 heteroatoms. The van der Waals surface area contributed by atoms with Crippen LogP contribution in [0.4, 0.5) is 0 Å². The molecule has 1 aromatic rings. The van der Waals surface area contributed by atoms with Gasteiger partial charge in [-0.2, -0.15) is 0 Å². The number of hydrogen-bond acceptors (Lipinski definition) is 4. The molecule has 1 heterocycles. The molecule has 1 atom stereocenters. The van der Waals surface area contributed by atoms with Gasteiger partial charge in [-0.25, -0.2) is 4.98 Å². The zero-order chi connectivity index (χ0) is 12.7. The number of aromatic nitrogens is 1. The van der Waals surface area contributed by atoms with Crippen LogP contribution in [0.3, 0.4) is 0 Å². The fraction of sp³-hybridized carbons (Fsp3) is 0.500. The standard InChI is InChI=1S/C12H18N2O2S/c1-3-4-10(15)7-14-12(16)6-5-11-8-13-9(2)17-11/h5-6,8,10,15H,3-4,7H2,1-2H3,(H,14,16)/b6-5+. The van der Waals surface area contributed by atoms with Gasteiger partial charge < -0.3 is 10.4 Å². The number of nitrogens with zero attached hydrogens (tertiary/aromatic N) is 1. The summed E-state index contributed by atoms with van der Waals surface area (Å²) in [6.07, 6.45) is 6.08. The summed E-state index contributed by atoms with van der Waals surface area (Å²) in [5.74, 6) is -0.189. The zero-order valence-electron chi connectivity index (χ0n) is 10.1. The third-order valence-corrected chi connectivity index (χ3v) is 3.05. The van der Waals surface area contributed by atoms with Gasteiger partial charge in [0.15, 0.2) is 0 Å². The van der Waals surface area contributed by atoms with Gasteiger partial charge in [0.25, 0.3) is 0 Å². The van der Waals surface area contributed by atoms with Crippen LogP contribution in [0.15, 0.2) is 12.3 Å². The van der Waals surface area contributed by atoms with Crippen molar-refractivity contribution in [1.29, 1.82) is 0 Å². The number of rotatable bonds is 6. The molecule has 17 heavy (non-hydrogen) atoms. The average molecular weight is 254 g/mol. The van der Waals surface area contributed by atoms with Crippen molar-refractivity contribution in [3.05, 3.63) is 22.2 Å². The van der Waals surface area contributed by atoms with Gasteiger partial charge in [-0.05, 0) is 19.4 Å². The maximum Gasteiger partial charge on any atom is 0.244 e. The minimum atomic E-state index is -0.456. The smallest absolute Gasteiger partial charge is 0.244 e. The maximum atomic E-state index is 11.4. The number of carbonyl (C=O) groups is 1. The normalized spacial score (nSPS) is 12.9. The fourth-order valence-corrected chi connectivity index (χ4v) is 2.01. The van der Waals surface area contributed by atoms with Crippen molar-refractivity contribution in [3.63, 3.8) is 0 Å². The van der Waals surface area contributed by atoms with E-state index in [4.69, 9.17) is 0 Å². The lowest BCUT2D eigenvalue weighted by atomic mass is 10.2. The molecule has 1 aromatic heterocycles. The number of aryl methyl sites for hydroxylation is 1. The van der Waals surface area contributed by atoms with Crippen molar-refractivity contribution in [3.8, 4) is 0 Å². The third-order valence-electron chi connectivity index (χ3n) is 2.17. The number of hydrogen-bond donors (Lipinski definition) is 2. The Balaban J connectivity index is 2.32. The molecule has 0 aliphatic rings. The van der Waals surface area contributed by atoms with E-state index in [-0.39, 0.29) is 5.91 Å². The van der Waals surface area contributed by atoms with Gasteiger partial charge in [-0.3, -0.25) is 4.79 Å². The lowest BCUT2D eigenvalue weighted by Crippen LogP contribution is -2.30. The van der Waals surface area contributed by atoms with E-state index in [9.17, 15) is 9.90 Å². The summed E-state index contributed by atoms with van der Waals surface area (Å²) in [5.41, 5.74) is 0. The highest BCUT2D eigenvalue weighted by molar-refractivity contribution is 7.12. The van der Waals surface area contributed by atoms with Crippen molar-refractivity contribution in [2.45, 2.75) is 32.8 Å². The van der Waals surface area contributed by atoms with E-state index in [1.54, 1.807) is 12.3 Å². The number of carbonyl (C=O) groups excluding carboxylic acids is 1. The van der Waals surface area contributed by atoms with Crippen LogP contribution in [-0.4, -0.2) is 28.6 Å². The summed E-state index contributed by atoms with van der Waals surface area (Å²) >= 11 is 1.53. The predicted molar refractivity (Wildman–Crippen MR) is 69.8 cm³/mol. The second kappa shape index (κ2) is 7.19. The molecular formula is C12H18N2O2S. The summed E-state index contributed by atoms with van der Waals surface area (Å²) in [4.78, 5) is 16.4. The minimum absolute atomic E-state index is 0.189. The van der Waals surface area contributed by atoms with Crippen molar-refractivity contribution in [2.75, 3.05) is 6.54 Å². The summed E-state index contributed by atoms with van der Waals surface area (Å²) < 4.78 is 0. The SMILES string of the molecule is CCCC(O)CNC(=O)/C=C/c1cnc(C)s1. The van der Waals surface area contributed by atoms with Crippen LogP contribution >= 0.6 is 11.3 Å². The first-order chi connectivity index (χ1) is 8.11. The van der Waals surface area contributed by atoms with Crippen molar-refractivity contribution >= 4 is 23.3 Å². The van der Waals surface area contributed by atoms with E-state index >= 15 is 0 Å². The van der Waals surface area contributed by atoms with Crippen LogP contribution in [0.1, 0.15) is 29.7 Å². The molecule has 0 saturated carbocycles. The molecule has 0 saturated heterocycles. The predicted octanol–water partition coefficient (Wildman–Crippen LogP) is 1.74. The molecule has 0 aromatic carbocycles. The number of amides is 1. The Morgan fingerprint density at radius 2 is 2.47 bits per heavy atom. The van der Waals surface area contributed by atoms with Crippen LogP contribution < -0.4 is 5.32 Å². The van der Waals surface area contributed by atoms with E-state index in [1.165, 1.54) is 17.4 Å². The first-order valence-corrected chi connectivity index (χ1v) is 6.50. The summed E-state index contributed by atoms with van der Waals surface area (Å²) in [7, 11) is 0. The van der Waals surface area contributed by atoms with Gasteiger partial charge >= 0.3 is 0 Å². The highest BCUT2D eigenvalue weighted by Crippen LogP contribution is 2.12. The van der Waals surface area contributed by atoms with Crippen LogP contribution in [0.25, 0.3) is 6.08 Å². The largest absolute Gasteiger partial charge is 0.391 e. The molecule has 1 unspecified atom stereocenters. The molecular weight excluding hydrogens is 236 g/mol. The Bertz CT molecular complexity index is 388. The van der Waals surface area contributed by atoms with Gasteiger partial charge in [0.05, 0.1) is 11.1 Å². The van der Waals surface area contributed by atoms with E-state index in [0.29, 0.717) is 13.0 Å². The third kappa shape index (κ3) is 5.60. The minimum Gasteiger partial charge on any atom is -0.391 e. The molecule has 0 radical (unpaired) electrons. The number of nitrogens with one attached hydrogen (secondary N) is 1. The number of aliphatic hydroxyl groups is 1. The van der Waals surface area contributed by atoms with Crippen molar-refractivity contribution in [1.82, 2.24) is 10.3 Å². The van der Waals surface area contributed by atoms with Crippen molar-refractivity contribution in [2.24, 2.45) is 0 Å². The fourth-order valence-electron chi connectivity index (χ4n) is 1.33. The van der Waals surface area contributed by atoms with Gasteiger partial charge in [-0.1, -0.05) is 13.3 Å². The Kier molecular flexibility index (Phi) is 5.86. The Labute approximate surface area is 105 Å². The molecule has 0 aliphatic carbocycles. The summed E-state index contributed by atoms with van der Waals surface area (Å²) in [6.45, 7) is 4.22. The molecule has 0 spiro atoms. The highest BCUT2D eigenvalue weighted by Gasteiger charge is 2.03. The first kappa shape index (κ1) is 13.9. The van der Waals surface area contributed by atoms with Gasteiger partial charge in [0.1, 0.15) is 0 Å². The summed E-state index contributed by atoms with van der Waals surface area (Å²) in [5, 5.41) is 13.1. The Morgan fingerprint density at radius 1 is 1.71 bits per heavy atom. The quantitative estimate of drug-likeness (QED) is 0.760. The van der Waals surface area contributed by atoms with Crippen LogP contribution in [-0.2, 0) is 4.79 Å². The van der Waals surface area contributed by atoms with Crippen molar-refractivity contribution < 1.29 is 9.90 Å². The molecule has 0 bridgehead atoms. The van der Waals surface area contributed by atoms with E-state index in [1.807, 2.05) is 13.8 Å². The maximum absolute atomic E-state index is 11.4. The van der Waals surface area contributed by atoms with E-state index < -0.39 is 6.10 Å². The molecule has 2 N–H and O–H groups in total. The number of aliphatic hydroxyl groups excluding tert-OH is 1. The molecule has 0 aliphatic heterocycles. The second-order valence-corrected chi connectivity index (χ2v) is 5.07.